The van der Waals surface area contributed by atoms with Crippen molar-refractivity contribution >= 4 is 42.5 Å². The molecule has 0 amide bonds. The number of ketones is 1. The molecule has 0 heterocycles. The van der Waals surface area contributed by atoms with Gasteiger partial charge in [-0.05, 0) is 28.5 Å². The maximum absolute atomic E-state index is 12.5. The molecule has 0 fully saturated rings. The quantitative estimate of drug-likeness (QED) is 0.488. The van der Waals surface area contributed by atoms with Crippen LogP contribution in [-0.2, 0) is 16.6 Å². The van der Waals surface area contributed by atoms with E-state index in [4.69, 9.17) is 0 Å². The number of halogens is 1. The lowest BCUT2D eigenvalue weighted by atomic mass is 10.1. The normalized spacial score (nSPS) is 11.6. The first kappa shape index (κ1) is 17.8. The average molecular weight is 418 g/mol. The van der Waals surface area contributed by atoms with E-state index in [1.165, 1.54) is 24.3 Å². The first-order valence-electron chi connectivity index (χ1n) is 7.67. The minimum Gasteiger partial charge on any atom is -0.293 e. The molecular formula is C19H16BrNO3S. The molecule has 1 N–H and O–H groups in total. The molecular weight excluding hydrogens is 402 g/mol. The van der Waals surface area contributed by atoms with Gasteiger partial charge in [0, 0.05) is 12.1 Å². The number of carbonyl (C=O) groups is 1. The van der Waals surface area contributed by atoms with Crippen LogP contribution in [0.4, 0.5) is 0 Å². The monoisotopic (exact) mass is 417 g/mol. The summed E-state index contributed by atoms with van der Waals surface area (Å²) in [6, 6.07) is 19.6. The van der Waals surface area contributed by atoms with E-state index in [1.807, 2.05) is 42.5 Å². The first-order chi connectivity index (χ1) is 12.0. The van der Waals surface area contributed by atoms with Crippen LogP contribution in [0.25, 0.3) is 10.8 Å². The van der Waals surface area contributed by atoms with E-state index in [-0.39, 0.29) is 22.6 Å². The van der Waals surface area contributed by atoms with E-state index in [9.17, 15) is 13.2 Å². The molecule has 6 heteroatoms. The van der Waals surface area contributed by atoms with Crippen LogP contribution in [0.3, 0.4) is 0 Å². The molecule has 0 aliphatic rings. The Morgan fingerprint density at radius 1 is 0.920 bits per heavy atom. The molecule has 25 heavy (non-hydrogen) atoms. The van der Waals surface area contributed by atoms with Crippen LogP contribution in [-0.4, -0.2) is 19.5 Å². The molecule has 3 aromatic rings. The minimum absolute atomic E-state index is 0.0901. The van der Waals surface area contributed by atoms with Gasteiger partial charge in [-0.3, -0.25) is 4.79 Å². The molecule has 0 aromatic heterocycles. The Hall–Kier alpha value is -2.02. The van der Waals surface area contributed by atoms with Gasteiger partial charge in [0.15, 0.2) is 5.78 Å². The van der Waals surface area contributed by atoms with Crippen LogP contribution in [0, 0.1) is 0 Å². The van der Waals surface area contributed by atoms with Gasteiger partial charge in [0.2, 0.25) is 10.0 Å². The predicted molar refractivity (Wildman–Crippen MR) is 103 cm³/mol. The highest BCUT2D eigenvalue weighted by molar-refractivity contribution is 9.09. The second-order valence-electron chi connectivity index (χ2n) is 5.54. The number of carbonyl (C=O) groups excluding carboxylic acids is 1. The van der Waals surface area contributed by atoms with E-state index >= 15 is 0 Å². The van der Waals surface area contributed by atoms with Gasteiger partial charge in [0.1, 0.15) is 0 Å². The Bertz CT molecular complexity index is 1010. The zero-order valence-electron chi connectivity index (χ0n) is 13.3. The van der Waals surface area contributed by atoms with Gasteiger partial charge >= 0.3 is 0 Å². The SMILES string of the molecule is O=C(CBr)c1ccc(S(=O)(=O)NCc2cccc3ccccc23)cc1. The molecule has 0 atom stereocenters. The topological polar surface area (TPSA) is 63.2 Å². The molecule has 0 aliphatic heterocycles. The molecule has 0 spiro atoms. The maximum Gasteiger partial charge on any atom is 0.240 e. The van der Waals surface area contributed by atoms with E-state index in [0.29, 0.717) is 5.56 Å². The largest absolute Gasteiger partial charge is 0.293 e. The van der Waals surface area contributed by atoms with Crippen molar-refractivity contribution in [2.24, 2.45) is 0 Å². The molecule has 0 saturated heterocycles. The summed E-state index contributed by atoms with van der Waals surface area (Å²) in [5.74, 6) is -0.0901. The summed E-state index contributed by atoms with van der Waals surface area (Å²) < 4.78 is 27.6. The van der Waals surface area contributed by atoms with Crippen LogP contribution in [0.1, 0.15) is 15.9 Å². The highest BCUT2D eigenvalue weighted by Crippen LogP contribution is 2.19. The van der Waals surface area contributed by atoms with Crippen molar-refractivity contribution in [3.05, 3.63) is 77.9 Å². The zero-order chi connectivity index (χ0) is 17.9. The molecule has 0 unspecified atom stereocenters. The lowest BCUT2D eigenvalue weighted by molar-refractivity contribution is 0.102. The number of fused-ring (bicyclic) bond motifs is 1. The van der Waals surface area contributed by atoms with Gasteiger partial charge in [0.05, 0.1) is 10.2 Å². The van der Waals surface area contributed by atoms with Crippen molar-refractivity contribution in [3.8, 4) is 0 Å². The summed E-state index contributed by atoms with van der Waals surface area (Å²) >= 11 is 3.10. The number of Topliss-reactive ketones (excluding diaryl/α,β-unsaturated/α-hetero) is 1. The van der Waals surface area contributed by atoms with Crippen molar-refractivity contribution < 1.29 is 13.2 Å². The number of sulfonamides is 1. The Kier molecular flexibility index (Phi) is 5.32. The van der Waals surface area contributed by atoms with Crippen LogP contribution < -0.4 is 4.72 Å². The summed E-state index contributed by atoms with van der Waals surface area (Å²) in [5, 5.41) is 2.29. The summed E-state index contributed by atoms with van der Waals surface area (Å²) in [7, 11) is -3.65. The third-order valence-corrected chi connectivity index (χ3v) is 5.87. The number of hydrogen-bond donors (Lipinski definition) is 1. The van der Waals surface area contributed by atoms with Gasteiger partial charge in [-0.15, -0.1) is 0 Å². The van der Waals surface area contributed by atoms with Crippen molar-refractivity contribution in [3.63, 3.8) is 0 Å². The van der Waals surface area contributed by atoms with Crippen LogP contribution >= 0.6 is 15.9 Å². The van der Waals surface area contributed by atoms with Crippen molar-refractivity contribution in [1.82, 2.24) is 4.72 Å². The molecule has 128 valence electrons. The molecule has 0 radical (unpaired) electrons. The van der Waals surface area contributed by atoms with Crippen molar-refractivity contribution in [2.45, 2.75) is 11.4 Å². The number of rotatable bonds is 6. The second-order valence-corrected chi connectivity index (χ2v) is 7.87. The standard InChI is InChI=1S/C19H16BrNO3S/c20-12-19(22)15-8-10-17(11-9-15)25(23,24)21-13-16-6-3-5-14-4-1-2-7-18(14)16/h1-11,21H,12-13H2. The Morgan fingerprint density at radius 2 is 1.60 bits per heavy atom. The van der Waals surface area contributed by atoms with E-state index in [1.54, 1.807) is 0 Å². The summed E-state index contributed by atoms with van der Waals surface area (Å²) in [5.41, 5.74) is 1.39. The highest BCUT2D eigenvalue weighted by Gasteiger charge is 2.15. The average Bonchev–Trinajstić information content (AvgIpc) is 2.66. The zero-order valence-corrected chi connectivity index (χ0v) is 15.7. The molecule has 0 bridgehead atoms. The number of benzene rings is 3. The third kappa shape index (κ3) is 3.98. The van der Waals surface area contributed by atoms with Gasteiger partial charge < -0.3 is 0 Å². The fraction of sp³-hybridized carbons (Fsp3) is 0.105. The summed E-state index contributed by atoms with van der Waals surface area (Å²) in [6.07, 6.45) is 0. The lowest BCUT2D eigenvalue weighted by Crippen LogP contribution is -2.23. The number of hydrogen-bond acceptors (Lipinski definition) is 3. The fourth-order valence-electron chi connectivity index (χ4n) is 2.60. The fourth-order valence-corrected chi connectivity index (χ4v) is 3.93. The van der Waals surface area contributed by atoms with E-state index in [0.717, 1.165) is 16.3 Å². The maximum atomic E-state index is 12.5. The summed E-state index contributed by atoms with van der Waals surface area (Å²) in [4.78, 5) is 11.7. The molecule has 3 aromatic carbocycles. The highest BCUT2D eigenvalue weighted by atomic mass is 79.9. The van der Waals surface area contributed by atoms with E-state index < -0.39 is 10.0 Å². The van der Waals surface area contributed by atoms with Gasteiger partial charge in [-0.2, -0.15) is 0 Å². The Balaban J connectivity index is 1.80. The molecule has 0 aliphatic carbocycles. The smallest absolute Gasteiger partial charge is 0.240 e. The first-order valence-corrected chi connectivity index (χ1v) is 10.3. The third-order valence-electron chi connectivity index (χ3n) is 3.94. The summed E-state index contributed by atoms with van der Waals surface area (Å²) in [6.45, 7) is 0.200. The van der Waals surface area contributed by atoms with Gasteiger partial charge in [0.25, 0.3) is 0 Å². The Labute approximate surface area is 155 Å². The number of alkyl halides is 1. The van der Waals surface area contributed by atoms with Gasteiger partial charge in [-0.1, -0.05) is 70.5 Å². The van der Waals surface area contributed by atoms with Crippen LogP contribution in [0.2, 0.25) is 0 Å². The van der Waals surface area contributed by atoms with Crippen LogP contribution in [0.5, 0.6) is 0 Å². The minimum atomic E-state index is -3.65. The Morgan fingerprint density at radius 3 is 2.32 bits per heavy atom. The lowest BCUT2D eigenvalue weighted by Gasteiger charge is -2.10. The van der Waals surface area contributed by atoms with Crippen molar-refractivity contribution in [2.75, 3.05) is 5.33 Å². The predicted octanol–water partition coefficient (Wildman–Crippen LogP) is 3.90. The molecule has 0 saturated carbocycles. The van der Waals surface area contributed by atoms with Gasteiger partial charge in [-0.25, -0.2) is 13.1 Å². The number of nitrogens with one attached hydrogen (secondary N) is 1. The molecule has 4 nitrogen and oxygen atoms in total. The van der Waals surface area contributed by atoms with Crippen molar-refractivity contribution in [1.29, 1.82) is 0 Å². The second kappa shape index (κ2) is 7.47. The van der Waals surface area contributed by atoms with E-state index in [2.05, 4.69) is 20.7 Å². The molecule has 3 rings (SSSR count). The van der Waals surface area contributed by atoms with Crippen LogP contribution in [0.15, 0.2) is 71.6 Å².